The molecular formula is C52H97NO3. The molecule has 4 nitrogen and oxygen atoms in total. The highest BCUT2D eigenvalue weighted by atomic mass is 16.3. The second-order valence-corrected chi connectivity index (χ2v) is 16.9. The van der Waals surface area contributed by atoms with E-state index in [4.69, 9.17) is 0 Å². The smallest absolute Gasteiger partial charge is 0.220 e. The lowest BCUT2D eigenvalue weighted by atomic mass is 10.0. The average molecular weight is 784 g/mol. The molecule has 0 aliphatic carbocycles. The molecule has 0 rings (SSSR count). The number of amides is 1. The summed E-state index contributed by atoms with van der Waals surface area (Å²) in [7, 11) is 0. The summed E-state index contributed by atoms with van der Waals surface area (Å²) in [6.07, 6.45) is 65.5. The van der Waals surface area contributed by atoms with E-state index in [9.17, 15) is 15.0 Å². The van der Waals surface area contributed by atoms with Crippen LogP contribution in [0.25, 0.3) is 0 Å². The van der Waals surface area contributed by atoms with E-state index in [-0.39, 0.29) is 12.5 Å². The minimum absolute atomic E-state index is 0.0773. The summed E-state index contributed by atoms with van der Waals surface area (Å²) in [5, 5.41) is 22.9. The molecule has 0 heterocycles. The number of nitrogens with one attached hydrogen (secondary N) is 1. The zero-order chi connectivity index (χ0) is 40.7. The monoisotopic (exact) mass is 784 g/mol. The Morgan fingerprint density at radius 1 is 0.411 bits per heavy atom. The third-order valence-corrected chi connectivity index (χ3v) is 11.2. The first-order chi connectivity index (χ1) is 27.7. The third-order valence-electron chi connectivity index (χ3n) is 11.2. The van der Waals surface area contributed by atoms with E-state index in [0.717, 1.165) is 44.9 Å². The van der Waals surface area contributed by atoms with Crippen molar-refractivity contribution < 1.29 is 15.0 Å². The van der Waals surface area contributed by atoms with Crippen molar-refractivity contribution in [3.63, 3.8) is 0 Å². The Balaban J connectivity index is 3.42. The quantitative estimate of drug-likeness (QED) is 0.0425. The number of unbranched alkanes of at least 4 members (excludes halogenated alkanes) is 32. The molecule has 0 saturated carbocycles. The van der Waals surface area contributed by atoms with Gasteiger partial charge in [0.25, 0.3) is 0 Å². The molecule has 2 unspecified atom stereocenters. The van der Waals surface area contributed by atoms with Gasteiger partial charge in [0.2, 0.25) is 5.91 Å². The summed E-state index contributed by atoms with van der Waals surface area (Å²) < 4.78 is 0. The van der Waals surface area contributed by atoms with Crippen LogP contribution in [0, 0.1) is 0 Å². The predicted octanol–water partition coefficient (Wildman–Crippen LogP) is 15.9. The lowest BCUT2D eigenvalue weighted by Gasteiger charge is -2.19. The first-order valence-corrected chi connectivity index (χ1v) is 24.9. The molecule has 4 heteroatoms. The number of rotatable bonds is 45. The van der Waals surface area contributed by atoms with Crippen molar-refractivity contribution in [2.45, 2.75) is 270 Å². The molecule has 0 fully saturated rings. The Morgan fingerprint density at radius 3 is 1.11 bits per heavy atom. The molecule has 0 bridgehead atoms. The normalized spacial score (nSPS) is 13.3. The summed E-state index contributed by atoms with van der Waals surface area (Å²) in [5.41, 5.74) is 0. The summed E-state index contributed by atoms with van der Waals surface area (Å²) >= 11 is 0. The zero-order valence-electron chi connectivity index (χ0n) is 37.7. The van der Waals surface area contributed by atoms with Gasteiger partial charge >= 0.3 is 0 Å². The van der Waals surface area contributed by atoms with Crippen LogP contribution >= 0.6 is 0 Å². The highest BCUT2D eigenvalue weighted by Gasteiger charge is 2.17. The molecule has 328 valence electrons. The standard InChI is InChI=1S/C52H97NO3/c1-3-5-7-9-11-13-15-16-17-18-19-20-21-22-23-24-25-26-27-28-29-30-31-32-33-34-35-36-38-40-42-44-46-48-52(56)53-50(49-54)51(55)47-45-43-41-39-37-14-12-10-8-6-4-2/h8,10,18-19,37,39,45,47,50-51,54-55H,3-7,9,11-17,20-36,38,40-44,46,48-49H2,1-2H3,(H,53,56)/b10-8+,19-18-,39-37+,47-45+. The van der Waals surface area contributed by atoms with Gasteiger partial charge in [-0.15, -0.1) is 0 Å². The Kier molecular flexibility index (Phi) is 46.3. The van der Waals surface area contributed by atoms with Crippen LogP contribution in [0.5, 0.6) is 0 Å². The fourth-order valence-electron chi connectivity index (χ4n) is 7.45. The molecule has 0 radical (unpaired) electrons. The number of hydrogen-bond donors (Lipinski definition) is 3. The van der Waals surface area contributed by atoms with Crippen LogP contribution in [0.4, 0.5) is 0 Å². The highest BCUT2D eigenvalue weighted by molar-refractivity contribution is 5.76. The molecule has 0 aliphatic heterocycles. The van der Waals surface area contributed by atoms with E-state index >= 15 is 0 Å². The van der Waals surface area contributed by atoms with Gasteiger partial charge in [-0.2, -0.15) is 0 Å². The van der Waals surface area contributed by atoms with Gasteiger partial charge < -0.3 is 15.5 Å². The zero-order valence-corrected chi connectivity index (χ0v) is 37.7. The SMILES string of the molecule is CCC/C=C/CC/C=C/CC/C=C/C(O)C(CO)NC(=O)CCCCCCCCCCCCCCCCCCCCCCC/C=C\CCCCCCCCCC. The molecular weight excluding hydrogens is 687 g/mol. The van der Waals surface area contributed by atoms with E-state index in [1.54, 1.807) is 6.08 Å². The van der Waals surface area contributed by atoms with Crippen molar-refractivity contribution in [3.05, 3.63) is 48.6 Å². The fourth-order valence-corrected chi connectivity index (χ4v) is 7.45. The van der Waals surface area contributed by atoms with Crippen molar-refractivity contribution in [3.8, 4) is 0 Å². The van der Waals surface area contributed by atoms with Gasteiger partial charge in [-0.05, 0) is 64.2 Å². The first-order valence-electron chi connectivity index (χ1n) is 24.9. The molecule has 2 atom stereocenters. The third kappa shape index (κ3) is 43.5. The van der Waals surface area contributed by atoms with Gasteiger partial charge in [-0.1, -0.05) is 236 Å². The number of aliphatic hydroxyl groups is 2. The molecule has 0 aromatic rings. The second kappa shape index (κ2) is 47.7. The molecule has 3 N–H and O–H groups in total. The Hall–Kier alpha value is -1.65. The van der Waals surface area contributed by atoms with Crippen LogP contribution in [0.3, 0.4) is 0 Å². The number of carbonyl (C=O) groups is 1. The van der Waals surface area contributed by atoms with Gasteiger partial charge in [0.05, 0.1) is 18.8 Å². The Bertz CT molecular complexity index is 893. The fraction of sp³-hybridized carbons (Fsp3) is 0.827. The van der Waals surface area contributed by atoms with Crippen molar-refractivity contribution >= 4 is 5.91 Å². The summed E-state index contributed by atoms with van der Waals surface area (Å²) in [6.45, 7) is 4.22. The number of carbonyl (C=O) groups excluding carboxylic acids is 1. The maximum Gasteiger partial charge on any atom is 0.220 e. The van der Waals surface area contributed by atoms with E-state index in [1.165, 1.54) is 193 Å². The van der Waals surface area contributed by atoms with Gasteiger partial charge in [-0.3, -0.25) is 4.79 Å². The van der Waals surface area contributed by atoms with Gasteiger partial charge in [0.15, 0.2) is 0 Å². The van der Waals surface area contributed by atoms with Gasteiger partial charge in [-0.25, -0.2) is 0 Å². The van der Waals surface area contributed by atoms with Gasteiger partial charge in [0, 0.05) is 6.42 Å². The number of hydrogen-bond acceptors (Lipinski definition) is 3. The maximum absolute atomic E-state index is 12.4. The molecule has 0 saturated heterocycles. The summed E-state index contributed by atoms with van der Waals surface area (Å²) in [4.78, 5) is 12.4. The lowest BCUT2D eigenvalue weighted by molar-refractivity contribution is -0.123. The second-order valence-electron chi connectivity index (χ2n) is 16.9. The van der Waals surface area contributed by atoms with Crippen LogP contribution in [0.1, 0.15) is 258 Å². The van der Waals surface area contributed by atoms with Crippen LogP contribution in [-0.2, 0) is 4.79 Å². The molecule has 0 aromatic carbocycles. The van der Waals surface area contributed by atoms with Crippen LogP contribution in [0.2, 0.25) is 0 Å². The predicted molar refractivity (Wildman–Crippen MR) is 248 cm³/mol. The lowest BCUT2D eigenvalue weighted by Crippen LogP contribution is -2.45. The summed E-state index contributed by atoms with van der Waals surface area (Å²) in [5.74, 6) is -0.0773. The minimum Gasteiger partial charge on any atom is -0.394 e. The Morgan fingerprint density at radius 2 is 0.732 bits per heavy atom. The van der Waals surface area contributed by atoms with E-state index < -0.39 is 12.1 Å². The van der Waals surface area contributed by atoms with Crippen LogP contribution in [0.15, 0.2) is 48.6 Å². The van der Waals surface area contributed by atoms with E-state index in [0.29, 0.717) is 6.42 Å². The van der Waals surface area contributed by atoms with Crippen molar-refractivity contribution in [2.75, 3.05) is 6.61 Å². The van der Waals surface area contributed by atoms with E-state index in [2.05, 4.69) is 55.6 Å². The van der Waals surface area contributed by atoms with Crippen LogP contribution < -0.4 is 5.32 Å². The molecule has 1 amide bonds. The van der Waals surface area contributed by atoms with Crippen molar-refractivity contribution in [2.24, 2.45) is 0 Å². The van der Waals surface area contributed by atoms with E-state index in [1.807, 2.05) is 6.08 Å². The largest absolute Gasteiger partial charge is 0.394 e. The number of allylic oxidation sites excluding steroid dienone is 7. The Labute approximate surface area is 350 Å². The highest BCUT2D eigenvalue weighted by Crippen LogP contribution is 2.16. The van der Waals surface area contributed by atoms with Crippen LogP contribution in [-0.4, -0.2) is 34.9 Å². The first kappa shape index (κ1) is 54.3. The van der Waals surface area contributed by atoms with Gasteiger partial charge in [0.1, 0.15) is 0 Å². The average Bonchev–Trinajstić information content (AvgIpc) is 3.20. The number of aliphatic hydroxyl groups excluding tert-OH is 2. The summed E-state index contributed by atoms with van der Waals surface area (Å²) in [6, 6.07) is -0.643. The molecule has 0 aliphatic rings. The minimum atomic E-state index is -0.867. The van der Waals surface area contributed by atoms with Crippen molar-refractivity contribution in [1.82, 2.24) is 5.32 Å². The molecule has 56 heavy (non-hydrogen) atoms. The maximum atomic E-state index is 12.4. The topological polar surface area (TPSA) is 69.6 Å². The van der Waals surface area contributed by atoms with Crippen molar-refractivity contribution in [1.29, 1.82) is 0 Å². The molecule has 0 aromatic heterocycles. The molecule has 0 spiro atoms.